The van der Waals surface area contributed by atoms with Crippen molar-refractivity contribution in [1.29, 1.82) is 0 Å². The lowest BCUT2D eigenvalue weighted by Crippen LogP contribution is -2.41. The van der Waals surface area contributed by atoms with Gasteiger partial charge in [-0.15, -0.1) is 0 Å². The molecular formula is C19H15NO8S. The molecule has 1 aliphatic carbocycles. The molecule has 2 aliphatic rings. The van der Waals surface area contributed by atoms with Crippen molar-refractivity contribution in [1.82, 2.24) is 5.06 Å². The van der Waals surface area contributed by atoms with Crippen LogP contribution in [0.4, 0.5) is 0 Å². The minimum absolute atomic E-state index is 0.162. The van der Waals surface area contributed by atoms with Gasteiger partial charge >= 0.3 is 5.97 Å². The van der Waals surface area contributed by atoms with E-state index in [9.17, 15) is 32.6 Å². The molecule has 29 heavy (non-hydrogen) atoms. The Labute approximate surface area is 165 Å². The summed E-state index contributed by atoms with van der Waals surface area (Å²) in [6, 6.07) is 13.0. The summed E-state index contributed by atoms with van der Waals surface area (Å²) in [5.41, 5.74) is 1.58. The fourth-order valence-electron chi connectivity index (χ4n) is 3.87. The molecule has 1 fully saturated rings. The second-order valence-corrected chi connectivity index (χ2v) is 8.45. The van der Waals surface area contributed by atoms with E-state index in [-0.39, 0.29) is 16.2 Å². The topological polar surface area (TPSA) is 138 Å². The van der Waals surface area contributed by atoms with Gasteiger partial charge in [0, 0.05) is 0 Å². The Morgan fingerprint density at radius 3 is 2.03 bits per heavy atom. The maximum Gasteiger partial charge on any atom is 0.319 e. The first-order chi connectivity index (χ1) is 13.7. The molecule has 0 radical (unpaired) electrons. The lowest BCUT2D eigenvalue weighted by atomic mass is 9.96. The molecule has 1 saturated heterocycles. The van der Waals surface area contributed by atoms with Crippen molar-refractivity contribution < 1.29 is 37.3 Å². The molecule has 0 spiro atoms. The van der Waals surface area contributed by atoms with Crippen LogP contribution in [0, 0.1) is 5.92 Å². The van der Waals surface area contributed by atoms with Gasteiger partial charge in [-0.1, -0.05) is 48.5 Å². The number of benzene rings is 2. The SMILES string of the molecule is O=C(OCC1(S(=O)(=O)O)c2ccccc2-c2ccccc21)C1CC(=O)N(O)C1=O. The second kappa shape index (κ2) is 6.48. The van der Waals surface area contributed by atoms with E-state index < -0.39 is 51.6 Å². The molecule has 0 aromatic heterocycles. The monoisotopic (exact) mass is 417 g/mol. The third-order valence-corrected chi connectivity index (χ3v) is 6.72. The fraction of sp³-hybridized carbons (Fsp3) is 0.211. The zero-order valence-corrected chi connectivity index (χ0v) is 15.6. The minimum atomic E-state index is -4.83. The first-order valence-electron chi connectivity index (χ1n) is 8.57. The van der Waals surface area contributed by atoms with Gasteiger partial charge in [-0.2, -0.15) is 13.5 Å². The summed E-state index contributed by atoms with van der Waals surface area (Å²) >= 11 is 0. The normalized spacial score (nSPS) is 19.8. The Hall–Kier alpha value is -3.08. The molecular weight excluding hydrogens is 402 g/mol. The Morgan fingerprint density at radius 1 is 1.07 bits per heavy atom. The van der Waals surface area contributed by atoms with E-state index in [1.165, 1.54) is 12.1 Å². The smallest absolute Gasteiger partial charge is 0.319 e. The Kier molecular flexibility index (Phi) is 4.30. The maximum atomic E-state index is 12.6. The predicted molar refractivity (Wildman–Crippen MR) is 96.9 cm³/mol. The number of imide groups is 1. The van der Waals surface area contributed by atoms with Gasteiger partial charge in [0.25, 0.3) is 21.9 Å². The summed E-state index contributed by atoms with van der Waals surface area (Å²) in [6.45, 7) is -0.803. The summed E-state index contributed by atoms with van der Waals surface area (Å²) in [6.07, 6.45) is -0.583. The number of fused-ring (bicyclic) bond motifs is 3. The van der Waals surface area contributed by atoms with Crippen LogP contribution in [0.25, 0.3) is 11.1 Å². The van der Waals surface area contributed by atoms with Crippen molar-refractivity contribution >= 4 is 27.9 Å². The van der Waals surface area contributed by atoms with Gasteiger partial charge in [-0.05, 0) is 22.3 Å². The first kappa shape index (κ1) is 19.2. The van der Waals surface area contributed by atoms with E-state index in [2.05, 4.69) is 0 Å². The quantitative estimate of drug-likeness (QED) is 0.248. The van der Waals surface area contributed by atoms with Gasteiger partial charge in [0.15, 0.2) is 4.75 Å². The summed E-state index contributed by atoms with van der Waals surface area (Å²) in [5, 5.41) is 9.13. The molecule has 2 N–H and O–H groups in total. The van der Waals surface area contributed by atoms with Crippen LogP contribution in [0.1, 0.15) is 17.5 Å². The van der Waals surface area contributed by atoms with E-state index in [1.54, 1.807) is 36.4 Å². The van der Waals surface area contributed by atoms with E-state index in [1.807, 2.05) is 0 Å². The highest BCUT2D eigenvalue weighted by molar-refractivity contribution is 7.87. The van der Waals surface area contributed by atoms with Crippen molar-refractivity contribution in [3.63, 3.8) is 0 Å². The third kappa shape index (κ3) is 2.68. The highest BCUT2D eigenvalue weighted by Gasteiger charge is 2.55. The number of hydrogen-bond donors (Lipinski definition) is 2. The van der Waals surface area contributed by atoms with Crippen LogP contribution in [0.5, 0.6) is 0 Å². The number of carbonyl (C=O) groups excluding carboxylic acids is 3. The molecule has 4 rings (SSSR count). The molecule has 9 nitrogen and oxygen atoms in total. The van der Waals surface area contributed by atoms with Gasteiger partial charge in [0.1, 0.15) is 12.5 Å². The first-order valence-corrected chi connectivity index (χ1v) is 10.0. The molecule has 0 bridgehead atoms. The van der Waals surface area contributed by atoms with Crippen molar-refractivity contribution in [2.45, 2.75) is 11.2 Å². The maximum absolute atomic E-state index is 12.6. The minimum Gasteiger partial charge on any atom is -0.463 e. The van der Waals surface area contributed by atoms with Gasteiger partial charge in [-0.3, -0.25) is 24.1 Å². The second-order valence-electron chi connectivity index (χ2n) is 6.80. The standard InChI is InChI=1S/C19H15NO8S/c21-16-9-13(17(22)20(16)24)18(23)28-10-19(29(25,26)27)14-7-3-1-5-11(14)12-6-2-4-8-15(12)19/h1-8,13,24H,9-10H2,(H,25,26,27). The van der Waals surface area contributed by atoms with Crippen LogP contribution in [0.2, 0.25) is 0 Å². The molecule has 150 valence electrons. The average Bonchev–Trinajstić information content (AvgIpc) is 3.13. The molecule has 2 aromatic carbocycles. The number of nitrogens with zero attached hydrogens (tertiary/aromatic N) is 1. The van der Waals surface area contributed by atoms with Crippen LogP contribution < -0.4 is 0 Å². The Balaban J connectivity index is 1.76. The summed E-state index contributed by atoms with van der Waals surface area (Å²) in [5.74, 6) is -4.84. The molecule has 2 aromatic rings. The van der Waals surface area contributed by atoms with E-state index >= 15 is 0 Å². The predicted octanol–water partition coefficient (Wildman–Crippen LogP) is 1.11. The van der Waals surface area contributed by atoms with Crippen molar-refractivity contribution in [3.8, 4) is 11.1 Å². The molecule has 1 heterocycles. The number of carbonyl (C=O) groups is 3. The Bertz CT molecular complexity index is 1110. The molecule has 1 aliphatic heterocycles. The molecule has 2 amide bonds. The van der Waals surface area contributed by atoms with Crippen LogP contribution in [0.3, 0.4) is 0 Å². The number of amides is 2. The van der Waals surface area contributed by atoms with Crippen LogP contribution in [-0.4, -0.2) is 47.6 Å². The number of hydroxylamine groups is 2. The number of rotatable bonds is 4. The molecule has 10 heteroatoms. The fourth-order valence-corrected chi connectivity index (χ4v) is 4.99. The lowest BCUT2D eigenvalue weighted by Gasteiger charge is -2.28. The van der Waals surface area contributed by atoms with Crippen molar-refractivity contribution in [2.24, 2.45) is 5.92 Å². The van der Waals surface area contributed by atoms with Gasteiger partial charge < -0.3 is 4.74 Å². The average molecular weight is 417 g/mol. The number of ether oxygens (including phenoxy) is 1. The number of hydrogen-bond acceptors (Lipinski definition) is 7. The van der Waals surface area contributed by atoms with E-state index in [0.717, 1.165) is 0 Å². The highest BCUT2D eigenvalue weighted by Crippen LogP contribution is 2.51. The largest absolute Gasteiger partial charge is 0.463 e. The Morgan fingerprint density at radius 2 is 1.59 bits per heavy atom. The summed E-state index contributed by atoms with van der Waals surface area (Å²) in [7, 11) is -4.83. The van der Waals surface area contributed by atoms with E-state index in [0.29, 0.717) is 11.1 Å². The summed E-state index contributed by atoms with van der Waals surface area (Å²) < 4.78 is 38.4. The highest BCUT2D eigenvalue weighted by atomic mass is 32.2. The molecule has 1 unspecified atom stereocenters. The van der Waals surface area contributed by atoms with Gasteiger partial charge in [0.2, 0.25) is 0 Å². The van der Waals surface area contributed by atoms with E-state index in [4.69, 9.17) is 4.74 Å². The van der Waals surface area contributed by atoms with Crippen LogP contribution in [0.15, 0.2) is 48.5 Å². The van der Waals surface area contributed by atoms with Gasteiger partial charge in [-0.25, -0.2) is 0 Å². The molecule has 1 atom stereocenters. The summed E-state index contributed by atoms with van der Waals surface area (Å²) in [4.78, 5) is 35.6. The van der Waals surface area contributed by atoms with Crippen molar-refractivity contribution in [3.05, 3.63) is 59.7 Å². The number of esters is 1. The van der Waals surface area contributed by atoms with Crippen LogP contribution >= 0.6 is 0 Å². The van der Waals surface area contributed by atoms with Crippen molar-refractivity contribution in [2.75, 3.05) is 6.61 Å². The molecule has 0 saturated carbocycles. The lowest BCUT2D eigenvalue weighted by molar-refractivity contribution is -0.173. The zero-order valence-electron chi connectivity index (χ0n) is 14.8. The van der Waals surface area contributed by atoms with Gasteiger partial charge in [0.05, 0.1) is 6.42 Å². The zero-order chi connectivity index (χ0) is 21.0. The third-order valence-electron chi connectivity index (χ3n) is 5.28. The van der Waals surface area contributed by atoms with Crippen LogP contribution in [-0.2, 0) is 34.0 Å².